The standard InChI is InChI=1S/C31H35FN2O3.CH4/c1-21-27(13-14-30(33-21)36-2)29-6-3-5-23-19-24(35)9-12-28(23)31(29)22-7-10-25(11-8-22)37-26-15-18-34(20-26)17-4-16-32;/h7-14,19,26,35H,3-6,15-18,20H2,1-2H3;1H4/t26-;/m0./s1. The number of fused-ring (bicyclic) bond motifs is 1. The lowest BCUT2D eigenvalue weighted by molar-refractivity contribution is 0.198. The van der Waals surface area contributed by atoms with E-state index in [1.54, 1.807) is 13.2 Å². The van der Waals surface area contributed by atoms with E-state index in [1.165, 1.54) is 11.1 Å². The van der Waals surface area contributed by atoms with Crippen LogP contribution in [0.5, 0.6) is 17.4 Å². The van der Waals surface area contributed by atoms with E-state index in [9.17, 15) is 9.50 Å². The third-order valence-electron chi connectivity index (χ3n) is 7.41. The number of phenolic OH excluding ortho intramolecular Hbond substituents is 1. The smallest absolute Gasteiger partial charge is 0.213 e. The predicted octanol–water partition coefficient (Wildman–Crippen LogP) is 6.85. The number of allylic oxidation sites excluding steroid dienone is 1. The number of rotatable bonds is 8. The molecule has 3 aromatic rings. The molecule has 5 nitrogen and oxygen atoms in total. The van der Waals surface area contributed by atoms with Crippen molar-refractivity contribution in [3.63, 3.8) is 0 Å². The molecule has 0 saturated carbocycles. The average molecular weight is 519 g/mol. The highest BCUT2D eigenvalue weighted by molar-refractivity contribution is 6.00. The number of ether oxygens (including phenoxy) is 2. The maximum atomic E-state index is 12.5. The lowest BCUT2D eigenvalue weighted by Crippen LogP contribution is -2.26. The molecule has 0 unspecified atom stereocenters. The number of aryl methyl sites for hydroxylation is 2. The molecule has 0 amide bonds. The van der Waals surface area contributed by atoms with Gasteiger partial charge in [-0.05, 0) is 103 Å². The van der Waals surface area contributed by atoms with E-state index in [0.29, 0.717) is 18.1 Å². The third kappa shape index (κ3) is 6.02. The van der Waals surface area contributed by atoms with Crippen LogP contribution in [0.15, 0.2) is 54.6 Å². The molecule has 1 atom stereocenters. The van der Waals surface area contributed by atoms with Gasteiger partial charge in [0.15, 0.2) is 0 Å². The Balaban J connectivity index is 0.00000336. The Morgan fingerprint density at radius 3 is 2.58 bits per heavy atom. The van der Waals surface area contributed by atoms with E-state index in [4.69, 9.17) is 9.47 Å². The zero-order valence-electron chi connectivity index (χ0n) is 21.7. The van der Waals surface area contributed by atoms with E-state index in [0.717, 1.165) is 79.0 Å². The molecule has 1 saturated heterocycles. The van der Waals surface area contributed by atoms with Crippen LogP contribution in [-0.2, 0) is 6.42 Å². The number of hydrogen-bond acceptors (Lipinski definition) is 5. The number of benzene rings is 2. The molecule has 0 bridgehead atoms. The Morgan fingerprint density at radius 2 is 1.84 bits per heavy atom. The van der Waals surface area contributed by atoms with Gasteiger partial charge in [0.25, 0.3) is 0 Å². The van der Waals surface area contributed by atoms with Gasteiger partial charge < -0.3 is 14.6 Å². The number of likely N-dealkylation sites (tertiary alicyclic amines) is 1. The Morgan fingerprint density at radius 1 is 1.05 bits per heavy atom. The van der Waals surface area contributed by atoms with Gasteiger partial charge in [0.1, 0.15) is 17.6 Å². The summed E-state index contributed by atoms with van der Waals surface area (Å²) in [7, 11) is 1.64. The lowest BCUT2D eigenvalue weighted by atomic mass is 9.87. The second kappa shape index (κ2) is 12.4. The number of nitrogens with zero attached hydrogens (tertiary/aromatic N) is 2. The van der Waals surface area contributed by atoms with Crippen LogP contribution in [0.3, 0.4) is 0 Å². The molecule has 38 heavy (non-hydrogen) atoms. The van der Waals surface area contributed by atoms with Crippen molar-refractivity contribution in [2.24, 2.45) is 0 Å². The molecule has 1 aromatic heterocycles. The van der Waals surface area contributed by atoms with Crippen molar-refractivity contribution in [3.8, 4) is 17.4 Å². The Labute approximate surface area is 225 Å². The van der Waals surface area contributed by atoms with Gasteiger partial charge in [0.05, 0.1) is 13.8 Å². The van der Waals surface area contributed by atoms with Crippen molar-refractivity contribution in [2.75, 3.05) is 33.4 Å². The number of aromatic nitrogens is 1. The van der Waals surface area contributed by atoms with Crippen LogP contribution >= 0.6 is 0 Å². The molecule has 5 rings (SSSR count). The van der Waals surface area contributed by atoms with E-state index < -0.39 is 0 Å². The van der Waals surface area contributed by atoms with Gasteiger partial charge in [-0.15, -0.1) is 0 Å². The normalized spacial score (nSPS) is 17.5. The number of alkyl halides is 1. The molecule has 2 aliphatic rings. The first-order chi connectivity index (χ1) is 18.1. The van der Waals surface area contributed by atoms with Gasteiger partial charge in [0.2, 0.25) is 5.88 Å². The van der Waals surface area contributed by atoms with Crippen LogP contribution < -0.4 is 9.47 Å². The summed E-state index contributed by atoms with van der Waals surface area (Å²) in [5.74, 6) is 1.76. The van der Waals surface area contributed by atoms with E-state index >= 15 is 0 Å². The highest BCUT2D eigenvalue weighted by Crippen LogP contribution is 2.42. The van der Waals surface area contributed by atoms with Crippen molar-refractivity contribution in [3.05, 3.63) is 82.5 Å². The van der Waals surface area contributed by atoms with Crippen LogP contribution in [0.1, 0.15) is 61.1 Å². The summed E-state index contributed by atoms with van der Waals surface area (Å²) in [6, 6.07) is 18.1. The largest absolute Gasteiger partial charge is 0.508 e. The third-order valence-corrected chi connectivity index (χ3v) is 7.41. The maximum absolute atomic E-state index is 12.5. The second-order valence-corrected chi connectivity index (χ2v) is 9.93. The van der Waals surface area contributed by atoms with Crippen molar-refractivity contribution in [1.29, 1.82) is 0 Å². The minimum atomic E-state index is -0.268. The molecule has 1 fully saturated rings. The van der Waals surface area contributed by atoms with Gasteiger partial charge >= 0.3 is 0 Å². The lowest BCUT2D eigenvalue weighted by Gasteiger charge is -2.19. The zero-order chi connectivity index (χ0) is 25.8. The summed E-state index contributed by atoms with van der Waals surface area (Å²) < 4.78 is 24.2. The molecule has 2 aromatic carbocycles. The van der Waals surface area contributed by atoms with Crippen LogP contribution in [0.4, 0.5) is 4.39 Å². The summed E-state index contributed by atoms with van der Waals surface area (Å²) in [5, 5.41) is 10.2. The minimum Gasteiger partial charge on any atom is -0.508 e. The predicted molar refractivity (Wildman–Crippen MR) is 152 cm³/mol. The first-order valence-electron chi connectivity index (χ1n) is 13.2. The number of aromatic hydroxyl groups is 1. The number of pyridine rings is 1. The SMILES string of the molecule is C.COc1ccc(C2=C(c3ccc(O[C@H]4CCN(CCCF)C4)cc3)c3ccc(O)cc3CCC2)c(C)n1. The fourth-order valence-electron chi connectivity index (χ4n) is 5.62. The van der Waals surface area contributed by atoms with Crippen molar-refractivity contribution in [1.82, 2.24) is 9.88 Å². The second-order valence-electron chi connectivity index (χ2n) is 9.93. The summed E-state index contributed by atoms with van der Waals surface area (Å²) in [6.07, 6.45) is 4.48. The molecular formula is C32H39FN2O3. The maximum Gasteiger partial charge on any atom is 0.213 e. The first-order valence-corrected chi connectivity index (χ1v) is 13.2. The van der Waals surface area contributed by atoms with E-state index in [2.05, 4.69) is 28.1 Å². The van der Waals surface area contributed by atoms with Crippen molar-refractivity contribution < 1.29 is 19.0 Å². The van der Waals surface area contributed by atoms with Crippen LogP contribution in [-0.4, -0.2) is 54.5 Å². The molecular weight excluding hydrogens is 479 g/mol. The Hall–Kier alpha value is -3.38. The zero-order valence-corrected chi connectivity index (χ0v) is 21.7. The van der Waals surface area contributed by atoms with Crippen molar-refractivity contribution >= 4 is 11.1 Å². The molecule has 1 aliphatic carbocycles. The van der Waals surface area contributed by atoms with Crippen LogP contribution in [0.25, 0.3) is 11.1 Å². The van der Waals surface area contributed by atoms with Gasteiger partial charge in [-0.1, -0.05) is 25.6 Å². The highest BCUT2D eigenvalue weighted by atomic mass is 19.1. The summed E-state index contributed by atoms with van der Waals surface area (Å²) >= 11 is 0. The minimum absolute atomic E-state index is 0. The van der Waals surface area contributed by atoms with E-state index in [1.807, 2.05) is 37.3 Å². The number of hydrogen-bond donors (Lipinski definition) is 1. The Kier molecular flexibility index (Phi) is 9.05. The van der Waals surface area contributed by atoms with Gasteiger partial charge in [-0.3, -0.25) is 9.29 Å². The number of methoxy groups -OCH3 is 1. The monoisotopic (exact) mass is 518 g/mol. The molecule has 0 radical (unpaired) electrons. The van der Waals surface area contributed by atoms with Gasteiger partial charge in [0, 0.05) is 31.4 Å². The molecule has 1 N–H and O–H groups in total. The number of phenols is 1. The average Bonchev–Trinajstić information content (AvgIpc) is 3.27. The van der Waals surface area contributed by atoms with Crippen molar-refractivity contribution in [2.45, 2.75) is 52.6 Å². The fraction of sp³-hybridized carbons (Fsp3) is 0.406. The van der Waals surface area contributed by atoms with Gasteiger partial charge in [-0.2, -0.15) is 0 Å². The topological polar surface area (TPSA) is 54.8 Å². The molecule has 6 heteroatoms. The summed E-state index contributed by atoms with van der Waals surface area (Å²) in [6.45, 7) is 4.35. The molecule has 2 heterocycles. The first kappa shape index (κ1) is 27.6. The number of halogens is 1. The highest BCUT2D eigenvalue weighted by Gasteiger charge is 2.25. The van der Waals surface area contributed by atoms with Crippen LogP contribution in [0.2, 0.25) is 0 Å². The van der Waals surface area contributed by atoms with E-state index in [-0.39, 0.29) is 20.2 Å². The Bertz CT molecular complexity index is 1270. The molecule has 0 spiro atoms. The fourth-order valence-corrected chi connectivity index (χ4v) is 5.62. The summed E-state index contributed by atoms with van der Waals surface area (Å²) in [4.78, 5) is 6.93. The van der Waals surface area contributed by atoms with Gasteiger partial charge in [-0.25, -0.2) is 4.98 Å². The summed E-state index contributed by atoms with van der Waals surface area (Å²) in [5.41, 5.74) is 7.90. The van der Waals surface area contributed by atoms with Crippen LogP contribution in [0, 0.1) is 6.92 Å². The molecule has 202 valence electrons. The quantitative estimate of drug-likeness (QED) is 0.354. The molecule has 1 aliphatic heterocycles.